The Labute approximate surface area is 331 Å². The Bertz CT molecular complexity index is 3130. The predicted octanol–water partition coefficient (Wildman–Crippen LogP) is 14.0. The molecule has 12 rings (SSSR count). The monoisotopic (exact) mass is 746 g/mol. The Kier molecular flexibility index (Phi) is 7.09. The van der Waals surface area contributed by atoms with E-state index in [4.69, 9.17) is 18.2 Å². The zero-order chi connectivity index (χ0) is 38.2. The molecule has 0 atom stereocenters. The van der Waals surface area contributed by atoms with E-state index in [2.05, 4.69) is 130 Å². The minimum Gasteiger partial charge on any atom is -0.456 e. The second-order valence-corrected chi connectivity index (χ2v) is 14.5. The Morgan fingerprint density at radius 3 is 1.36 bits per heavy atom. The van der Waals surface area contributed by atoms with Crippen molar-refractivity contribution < 1.29 is 13.3 Å². The fourth-order valence-corrected chi connectivity index (χ4v) is 8.19. The zero-order valence-electron chi connectivity index (χ0n) is 30.8. The summed E-state index contributed by atoms with van der Waals surface area (Å²) in [7, 11) is 0. The van der Waals surface area contributed by atoms with Crippen LogP contribution >= 0.6 is 0 Å². The average molecular weight is 747 g/mol. The fourth-order valence-electron chi connectivity index (χ4n) is 8.19. The second kappa shape index (κ2) is 12.8. The Balaban J connectivity index is 0.911. The van der Waals surface area contributed by atoms with E-state index in [1.54, 1.807) is 12.4 Å². The first-order valence-electron chi connectivity index (χ1n) is 19.1. The lowest BCUT2D eigenvalue weighted by Crippen LogP contribution is -2.09. The number of fused-ring (bicyclic) bond motifs is 9. The van der Waals surface area contributed by atoms with Crippen LogP contribution in [0.15, 0.2) is 196 Å². The lowest BCUT2D eigenvalue weighted by molar-refractivity contribution is 0.654. The summed E-state index contributed by atoms with van der Waals surface area (Å²) in [6, 6.07) is 56.6. The van der Waals surface area contributed by atoms with Gasteiger partial charge < -0.3 is 18.2 Å². The smallest absolute Gasteiger partial charge is 0.227 e. The van der Waals surface area contributed by atoms with Crippen molar-refractivity contribution in [2.24, 2.45) is 0 Å². The molecule has 7 nitrogen and oxygen atoms in total. The summed E-state index contributed by atoms with van der Waals surface area (Å²) in [6.45, 7) is 0. The van der Waals surface area contributed by atoms with Gasteiger partial charge in [-0.15, -0.1) is 0 Å². The van der Waals surface area contributed by atoms with Gasteiger partial charge >= 0.3 is 0 Å². The lowest BCUT2D eigenvalue weighted by atomic mass is 10.0. The van der Waals surface area contributed by atoms with Gasteiger partial charge in [0, 0.05) is 79.6 Å². The van der Waals surface area contributed by atoms with Gasteiger partial charge in [-0.05, 0) is 113 Å². The first-order chi connectivity index (χ1) is 28.7. The van der Waals surface area contributed by atoms with Crippen LogP contribution in [0.4, 0.5) is 17.1 Å². The molecule has 0 saturated heterocycles. The van der Waals surface area contributed by atoms with Gasteiger partial charge in [-0.1, -0.05) is 66.7 Å². The lowest BCUT2D eigenvalue weighted by Gasteiger charge is -2.26. The second-order valence-electron chi connectivity index (χ2n) is 14.5. The number of para-hydroxylation sites is 1. The van der Waals surface area contributed by atoms with Crippen LogP contribution in [0.5, 0.6) is 0 Å². The SMILES string of the molecule is c1ccc2c(c1)oc1cc(-c3ccc(N(c4ccc(-c5ccc6c(c5)oc5ncccc56)cc4)c4ccc(-c5ccc6c(c5)oc5ncccc56)cc4)cc3)ncc12. The van der Waals surface area contributed by atoms with Crippen molar-refractivity contribution in [3.8, 4) is 33.5 Å². The van der Waals surface area contributed by atoms with Gasteiger partial charge in [0.25, 0.3) is 0 Å². The summed E-state index contributed by atoms with van der Waals surface area (Å²) in [6.07, 6.45) is 5.42. The summed E-state index contributed by atoms with van der Waals surface area (Å²) < 4.78 is 18.4. The molecule has 0 aliphatic carbocycles. The maximum Gasteiger partial charge on any atom is 0.227 e. The van der Waals surface area contributed by atoms with Crippen LogP contribution in [0.1, 0.15) is 0 Å². The highest BCUT2D eigenvalue weighted by Crippen LogP contribution is 2.40. The van der Waals surface area contributed by atoms with E-state index in [0.717, 1.165) is 105 Å². The maximum atomic E-state index is 6.18. The Morgan fingerprint density at radius 1 is 0.328 bits per heavy atom. The van der Waals surface area contributed by atoms with Crippen LogP contribution in [0, 0.1) is 0 Å². The number of furan rings is 3. The molecule has 0 unspecified atom stereocenters. The molecule has 272 valence electrons. The summed E-state index contributed by atoms with van der Waals surface area (Å²) in [5.41, 5.74) is 13.9. The minimum absolute atomic E-state index is 0.649. The molecule has 0 fully saturated rings. The van der Waals surface area contributed by atoms with Crippen LogP contribution in [0.3, 0.4) is 0 Å². The van der Waals surface area contributed by atoms with Crippen LogP contribution in [0.2, 0.25) is 0 Å². The minimum atomic E-state index is 0.649. The Hall–Kier alpha value is -8.03. The quantitative estimate of drug-likeness (QED) is 0.168. The van der Waals surface area contributed by atoms with Crippen LogP contribution in [-0.2, 0) is 0 Å². The largest absolute Gasteiger partial charge is 0.456 e. The molecule has 0 N–H and O–H groups in total. The van der Waals surface area contributed by atoms with Crippen LogP contribution in [0.25, 0.3) is 99.6 Å². The average Bonchev–Trinajstić information content (AvgIpc) is 3.97. The van der Waals surface area contributed by atoms with Gasteiger partial charge in [-0.3, -0.25) is 4.98 Å². The third-order valence-electron chi connectivity index (χ3n) is 11.1. The summed E-state index contributed by atoms with van der Waals surface area (Å²) >= 11 is 0. The fraction of sp³-hybridized carbons (Fsp3) is 0. The summed E-state index contributed by atoms with van der Waals surface area (Å²) in [5, 5.41) is 6.24. The van der Waals surface area contributed by atoms with Gasteiger partial charge in [-0.2, -0.15) is 0 Å². The normalized spacial score (nSPS) is 11.8. The van der Waals surface area contributed by atoms with Gasteiger partial charge in [0.2, 0.25) is 11.4 Å². The summed E-state index contributed by atoms with van der Waals surface area (Å²) in [4.78, 5) is 15.9. The molecule has 12 aromatic rings. The van der Waals surface area contributed by atoms with Crippen LogP contribution in [-0.4, -0.2) is 15.0 Å². The first-order valence-corrected chi connectivity index (χ1v) is 19.1. The van der Waals surface area contributed by atoms with E-state index in [0.29, 0.717) is 11.4 Å². The van der Waals surface area contributed by atoms with Crippen molar-refractivity contribution in [1.82, 2.24) is 15.0 Å². The number of pyridine rings is 3. The van der Waals surface area contributed by atoms with Gasteiger partial charge in [0.15, 0.2) is 0 Å². The highest BCUT2D eigenvalue weighted by molar-refractivity contribution is 6.06. The van der Waals surface area contributed by atoms with Crippen molar-refractivity contribution in [1.29, 1.82) is 0 Å². The molecule has 58 heavy (non-hydrogen) atoms. The number of hydrogen-bond acceptors (Lipinski definition) is 7. The zero-order valence-corrected chi connectivity index (χ0v) is 30.8. The van der Waals surface area contributed by atoms with E-state index < -0.39 is 0 Å². The van der Waals surface area contributed by atoms with Crippen molar-refractivity contribution in [3.05, 3.63) is 182 Å². The number of anilines is 3. The number of nitrogens with zero attached hydrogens (tertiary/aromatic N) is 4. The molecule has 0 bridgehead atoms. The molecular weight excluding hydrogens is 717 g/mol. The summed E-state index contributed by atoms with van der Waals surface area (Å²) in [5.74, 6) is 0. The van der Waals surface area contributed by atoms with E-state index in [1.807, 2.05) is 54.7 Å². The Morgan fingerprint density at radius 2 is 0.793 bits per heavy atom. The first kappa shape index (κ1) is 32.2. The third-order valence-corrected chi connectivity index (χ3v) is 11.1. The predicted molar refractivity (Wildman–Crippen MR) is 233 cm³/mol. The molecule has 0 amide bonds. The van der Waals surface area contributed by atoms with E-state index >= 15 is 0 Å². The molecule has 6 aromatic carbocycles. The van der Waals surface area contributed by atoms with Crippen molar-refractivity contribution in [2.45, 2.75) is 0 Å². The number of benzene rings is 6. The van der Waals surface area contributed by atoms with Gasteiger partial charge in [0.1, 0.15) is 22.3 Å². The standard InChI is InChI=1S/C51H30N4O3/c1-2-8-46-39(5-1)44-30-54-45(29-49(44)56-46)33-13-21-38(22-14-33)55(36-17-9-31(10-18-36)34-15-23-40-42-6-3-25-52-50(42)57-47(40)27-34)37-19-11-32(12-20-37)35-16-24-41-43-7-4-26-53-51(43)58-48(41)28-35/h1-30H. The van der Waals surface area contributed by atoms with Crippen molar-refractivity contribution in [3.63, 3.8) is 0 Å². The van der Waals surface area contributed by atoms with Gasteiger partial charge in [-0.25, -0.2) is 9.97 Å². The highest BCUT2D eigenvalue weighted by atomic mass is 16.3. The van der Waals surface area contributed by atoms with Crippen molar-refractivity contribution >= 4 is 83.1 Å². The molecule has 0 aliphatic heterocycles. The van der Waals surface area contributed by atoms with E-state index in [9.17, 15) is 0 Å². The van der Waals surface area contributed by atoms with E-state index in [1.165, 1.54) is 0 Å². The molecule has 6 aromatic heterocycles. The van der Waals surface area contributed by atoms with Gasteiger partial charge in [0.05, 0.1) is 5.69 Å². The molecule has 0 spiro atoms. The number of aromatic nitrogens is 3. The number of rotatable bonds is 6. The number of hydrogen-bond donors (Lipinski definition) is 0. The third kappa shape index (κ3) is 5.25. The van der Waals surface area contributed by atoms with Crippen LogP contribution < -0.4 is 4.90 Å². The molecule has 0 saturated carbocycles. The van der Waals surface area contributed by atoms with E-state index in [-0.39, 0.29) is 0 Å². The maximum absolute atomic E-state index is 6.18. The molecule has 0 radical (unpaired) electrons. The molecule has 6 heterocycles. The topological polar surface area (TPSA) is 81.3 Å². The molecule has 7 heteroatoms. The molecule has 0 aliphatic rings. The van der Waals surface area contributed by atoms with Crippen molar-refractivity contribution in [2.75, 3.05) is 4.90 Å². The molecular formula is C51H30N4O3. The highest BCUT2D eigenvalue weighted by Gasteiger charge is 2.17.